The number of hydrogen-bond acceptors (Lipinski definition) is 6. The van der Waals surface area contributed by atoms with E-state index in [1.54, 1.807) is 22.8 Å². The highest BCUT2D eigenvalue weighted by molar-refractivity contribution is 7.98. The summed E-state index contributed by atoms with van der Waals surface area (Å²) < 4.78 is 28.3. The average molecular weight is 442 g/mol. The lowest BCUT2D eigenvalue weighted by Gasteiger charge is -2.41. The Morgan fingerprint density at radius 3 is 2.71 bits per heavy atom. The van der Waals surface area contributed by atoms with Gasteiger partial charge in [0.15, 0.2) is 5.69 Å². The predicted octanol–water partition coefficient (Wildman–Crippen LogP) is 2.60. The molecule has 10 heteroatoms. The van der Waals surface area contributed by atoms with Crippen molar-refractivity contribution in [3.05, 3.63) is 86.8 Å². The van der Waals surface area contributed by atoms with Crippen LogP contribution in [0.5, 0.6) is 5.75 Å². The summed E-state index contributed by atoms with van der Waals surface area (Å²) >= 11 is 1.54. The maximum Gasteiger partial charge on any atom is 0.284 e. The molecule has 0 radical (unpaired) electrons. The van der Waals surface area contributed by atoms with E-state index in [1.807, 2.05) is 24.3 Å². The Labute approximate surface area is 179 Å². The number of carbonyl (C=O) groups is 1. The fourth-order valence-corrected chi connectivity index (χ4v) is 5.09. The molecule has 2 aromatic carbocycles. The first kappa shape index (κ1) is 19.6. The van der Waals surface area contributed by atoms with Gasteiger partial charge in [0.1, 0.15) is 18.5 Å². The topological polar surface area (TPSA) is 78.7 Å². The summed E-state index contributed by atoms with van der Waals surface area (Å²) in [6, 6.07) is 11.5. The second-order valence-corrected chi connectivity index (χ2v) is 8.38. The molecule has 158 valence electrons. The fraction of sp³-hybridized carbons (Fsp3) is 0.190. The zero-order chi connectivity index (χ0) is 21.9. The number of aromatic nitrogens is 2. The monoisotopic (exact) mass is 442 g/mol. The van der Waals surface area contributed by atoms with Gasteiger partial charge in [-0.1, -0.05) is 24.3 Å². The molecule has 0 bridgehead atoms. The Morgan fingerprint density at radius 2 is 1.90 bits per heavy atom. The van der Waals surface area contributed by atoms with Crippen molar-refractivity contribution in [2.45, 2.75) is 16.7 Å². The molecule has 2 aliphatic rings. The average Bonchev–Trinajstić information content (AvgIpc) is 2.91. The van der Waals surface area contributed by atoms with Crippen LogP contribution in [0, 0.1) is 11.8 Å². The van der Waals surface area contributed by atoms with Crippen molar-refractivity contribution in [1.29, 1.82) is 0 Å². The van der Waals surface area contributed by atoms with Crippen molar-refractivity contribution in [3.63, 3.8) is 0 Å². The molecular weight excluding hydrogens is 426 g/mol. The molecular formula is C21H16F2N4O3S. The number of rotatable bonds is 1. The summed E-state index contributed by atoms with van der Waals surface area (Å²) in [6.45, 7) is 0.00106. The molecule has 0 spiro atoms. The van der Waals surface area contributed by atoms with Crippen molar-refractivity contribution in [2.75, 3.05) is 18.7 Å². The molecule has 0 saturated carbocycles. The first-order valence-corrected chi connectivity index (χ1v) is 10.4. The van der Waals surface area contributed by atoms with E-state index in [0.717, 1.165) is 26.4 Å². The molecule has 3 aromatic rings. The second kappa shape index (κ2) is 7.09. The van der Waals surface area contributed by atoms with E-state index in [1.165, 1.54) is 24.1 Å². The van der Waals surface area contributed by atoms with E-state index in [-0.39, 0.29) is 12.5 Å². The van der Waals surface area contributed by atoms with E-state index < -0.39 is 34.8 Å². The van der Waals surface area contributed by atoms with Crippen LogP contribution in [0.25, 0.3) is 0 Å². The Kier molecular flexibility index (Phi) is 4.47. The van der Waals surface area contributed by atoms with Crippen molar-refractivity contribution in [2.24, 2.45) is 0 Å². The van der Waals surface area contributed by atoms with Crippen LogP contribution in [-0.4, -0.2) is 39.5 Å². The minimum absolute atomic E-state index is 0.00106. The van der Waals surface area contributed by atoms with Crippen molar-refractivity contribution in [1.82, 2.24) is 14.8 Å². The van der Waals surface area contributed by atoms with Gasteiger partial charge >= 0.3 is 0 Å². The van der Waals surface area contributed by atoms with Crippen LogP contribution >= 0.6 is 11.8 Å². The van der Waals surface area contributed by atoms with Crippen LogP contribution in [0.3, 0.4) is 0 Å². The van der Waals surface area contributed by atoms with Gasteiger partial charge in [-0.3, -0.25) is 14.6 Å². The van der Waals surface area contributed by atoms with Crippen LogP contribution in [0.2, 0.25) is 0 Å². The molecule has 1 atom stereocenters. The van der Waals surface area contributed by atoms with E-state index >= 15 is 0 Å². The lowest BCUT2D eigenvalue weighted by molar-refractivity contribution is 0.0712. The van der Waals surface area contributed by atoms with Crippen molar-refractivity contribution in [3.8, 4) is 5.75 Å². The van der Waals surface area contributed by atoms with Gasteiger partial charge < -0.3 is 10.0 Å². The maximum absolute atomic E-state index is 14.2. The van der Waals surface area contributed by atoms with E-state index in [0.29, 0.717) is 5.75 Å². The molecule has 5 rings (SSSR count). The number of hydrogen-bond donors (Lipinski definition) is 1. The van der Waals surface area contributed by atoms with Crippen LogP contribution in [0.15, 0.2) is 52.2 Å². The molecule has 1 amide bonds. The molecule has 0 aliphatic carbocycles. The Bertz CT molecular complexity index is 1300. The second-order valence-electron chi connectivity index (χ2n) is 7.36. The summed E-state index contributed by atoms with van der Waals surface area (Å²) in [5, 5.41) is 15.5. The third kappa shape index (κ3) is 2.97. The van der Waals surface area contributed by atoms with Gasteiger partial charge in [-0.15, -0.1) is 16.9 Å². The molecule has 3 heterocycles. The molecule has 0 fully saturated rings. The number of nitrogens with zero attached hydrogens (tertiary/aromatic N) is 4. The van der Waals surface area contributed by atoms with Gasteiger partial charge in [-0.2, -0.15) is 9.18 Å². The number of amides is 1. The van der Waals surface area contributed by atoms with Crippen LogP contribution in [0.4, 0.5) is 8.78 Å². The zero-order valence-corrected chi connectivity index (χ0v) is 17.1. The van der Waals surface area contributed by atoms with Crippen LogP contribution in [-0.2, 0) is 5.75 Å². The number of carbonyl (C=O) groups excluding carboxylic acids is 1. The summed E-state index contributed by atoms with van der Waals surface area (Å²) in [5.41, 5.74) is 0.602. The van der Waals surface area contributed by atoms with Gasteiger partial charge in [0, 0.05) is 17.7 Å². The Morgan fingerprint density at radius 1 is 1.13 bits per heavy atom. The lowest BCUT2D eigenvalue weighted by atomic mass is 9.94. The van der Waals surface area contributed by atoms with Crippen LogP contribution in [0.1, 0.15) is 33.2 Å². The summed E-state index contributed by atoms with van der Waals surface area (Å²) in [7, 11) is 1.51. The van der Waals surface area contributed by atoms with Crippen molar-refractivity contribution < 1.29 is 18.7 Å². The first-order valence-electron chi connectivity index (χ1n) is 9.41. The Balaban J connectivity index is 1.81. The highest BCUT2D eigenvalue weighted by atomic mass is 32.2. The van der Waals surface area contributed by atoms with Gasteiger partial charge in [0.25, 0.3) is 17.3 Å². The number of halogens is 2. The number of thioether (sulfide) groups is 1. The standard InChI is InChI=1S/C21H16F2N4O3S/c1-25-10-26(27-17(21(25)30)18(28)19(29)20(23)24-27)16-13-7-6-12(22)8-11(13)9-31-15-5-3-2-4-14(15)16/h2-8,16,28H,9-10H2,1H3. The first-order chi connectivity index (χ1) is 14.9. The third-order valence-electron chi connectivity index (χ3n) is 5.45. The summed E-state index contributed by atoms with van der Waals surface area (Å²) in [5.74, 6) is -2.92. The maximum atomic E-state index is 14.2. The largest absolute Gasteiger partial charge is 0.502 e. The molecule has 1 N–H and O–H groups in total. The minimum atomic E-state index is -1.42. The van der Waals surface area contributed by atoms with Crippen LogP contribution < -0.4 is 10.4 Å². The zero-order valence-electron chi connectivity index (χ0n) is 16.2. The molecule has 7 nitrogen and oxygen atoms in total. The molecule has 1 unspecified atom stereocenters. The summed E-state index contributed by atoms with van der Waals surface area (Å²) in [4.78, 5) is 27.8. The smallest absolute Gasteiger partial charge is 0.284 e. The highest BCUT2D eigenvalue weighted by Crippen LogP contribution is 2.42. The fourth-order valence-electron chi connectivity index (χ4n) is 4.01. The number of fused-ring (bicyclic) bond motifs is 3. The Hall–Kier alpha value is -3.40. The lowest BCUT2D eigenvalue weighted by Crippen LogP contribution is -2.55. The summed E-state index contributed by atoms with van der Waals surface area (Å²) in [6.07, 6.45) is 0. The van der Waals surface area contributed by atoms with Gasteiger partial charge in [-0.05, 0) is 34.9 Å². The van der Waals surface area contributed by atoms with Gasteiger partial charge in [-0.25, -0.2) is 4.39 Å². The molecule has 31 heavy (non-hydrogen) atoms. The number of benzene rings is 2. The SMILES string of the molecule is CN1CN(C2c3ccc(F)cc3CSc3ccccc32)n2nc(F)c(=O)c(O)c2C1=O. The van der Waals surface area contributed by atoms with E-state index in [4.69, 9.17) is 0 Å². The predicted molar refractivity (Wildman–Crippen MR) is 110 cm³/mol. The normalized spacial score (nSPS) is 17.6. The molecule has 2 aliphatic heterocycles. The quantitative estimate of drug-likeness (QED) is 0.624. The van der Waals surface area contributed by atoms with Gasteiger partial charge in [0.2, 0.25) is 5.75 Å². The minimum Gasteiger partial charge on any atom is -0.502 e. The third-order valence-corrected chi connectivity index (χ3v) is 6.59. The molecule has 0 saturated heterocycles. The highest BCUT2D eigenvalue weighted by Gasteiger charge is 2.39. The molecule has 1 aromatic heterocycles. The van der Waals surface area contributed by atoms with Gasteiger partial charge in [0.05, 0.1) is 0 Å². The van der Waals surface area contributed by atoms with E-state index in [9.17, 15) is 23.5 Å². The van der Waals surface area contributed by atoms with Crippen molar-refractivity contribution >= 4 is 17.7 Å². The number of aromatic hydroxyl groups is 1. The van der Waals surface area contributed by atoms with E-state index in [2.05, 4.69) is 5.10 Å².